The van der Waals surface area contributed by atoms with Gasteiger partial charge in [-0.1, -0.05) is 19.8 Å². The lowest BCUT2D eigenvalue weighted by atomic mass is 9.95. The molecule has 0 amide bonds. The van der Waals surface area contributed by atoms with Crippen LogP contribution in [0.15, 0.2) is 0 Å². The van der Waals surface area contributed by atoms with Crippen molar-refractivity contribution in [3.63, 3.8) is 0 Å². The van der Waals surface area contributed by atoms with Crippen molar-refractivity contribution in [1.82, 2.24) is 10.6 Å². The van der Waals surface area contributed by atoms with Crippen molar-refractivity contribution in [3.8, 4) is 0 Å². The van der Waals surface area contributed by atoms with Gasteiger partial charge in [0.15, 0.2) is 0 Å². The molecule has 0 aliphatic carbocycles. The Labute approximate surface area is 88.8 Å². The number of hydrogen-bond donors (Lipinski definition) is 2. The van der Waals surface area contributed by atoms with Crippen LogP contribution in [0.1, 0.15) is 45.4 Å². The molecule has 1 aliphatic rings. The Kier molecular flexibility index (Phi) is 7.06. The lowest BCUT2D eigenvalue weighted by Crippen LogP contribution is -2.29. The van der Waals surface area contributed by atoms with Crippen molar-refractivity contribution in [2.24, 2.45) is 5.92 Å². The Morgan fingerprint density at radius 1 is 1.14 bits per heavy atom. The van der Waals surface area contributed by atoms with Gasteiger partial charge in [-0.3, -0.25) is 0 Å². The Hall–Kier alpha value is -0.0800. The maximum Gasteiger partial charge on any atom is -0.00463 e. The van der Waals surface area contributed by atoms with Crippen LogP contribution >= 0.6 is 0 Å². The Balaban J connectivity index is 1.82. The van der Waals surface area contributed by atoms with E-state index in [9.17, 15) is 0 Å². The molecule has 0 spiro atoms. The quantitative estimate of drug-likeness (QED) is 0.613. The van der Waals surface area contributed by atoms with Crippen LogP contribution in [-0.4, -0.2) is 26.2 Å². The zero-order valence-electron chi connectivity index (χ0n) is 9.65. The molecule has 14 heavy (non-hydrogen) atoms. The molecule has 0 radical (unpaired) electrons. The average molecular weight is 198 g/mol. The highest BCUT2D eigenvalue weighted by molar-refractivity contribution is 4.69. The lowest BCUT2D eigenvalue weighted by molar-refractivity contribution is 0.348. The van der Waals surface area contributed by atoms with Crippen molar-refractivity contribution in [2.75, 3.05) is 26.2 Å². The third kappa shape index (κ3) is 5.61. The molecular formula is C12H26N2. The highest BCUT2D eigenvalue weighted by Crippen LogP contribution is 2.14. The summed E-state index contributed by atoms with van der Waals surface area (Å²) in [6.45, 7) is 7.18. The molecule has 1 aliphatic heterocycles. The van der Waals surface area contributed by atoms with Crippen molar-refractivity contribution in [3.05, 3.63) is 0 Å². The van der Waals surface area contributed by atoms with E-state index in [0.29, 0.717) is 0 Å². The molecule has 0 saturated carbocycles. The van der Waals surface area contributed by atoms with Crippen LogP contribution in [0.5, 0.6) is 0 Å². The van der Waals surface area contributed by atoms with Gasteiger partial charge in [-0.05, 0) is 57.8 Å². The summed E-state index contributed by atoms with van der Waals surface area (Å²) in [5.74, 6) is 0.981. The summed E-state index contributed by atoms with van der Waals surface area (Å²) < 4.78 is 0. The number of rotatable bonds is 7. The zero-order chi connectivity index (χ0) is 10.1. The minimum absolute atomic E-state index is 0.981. The second-order valence-electron chi connectivity index (χ2n) is 4.44. The average Bonchev–Trinajstić information content (AvgIpc) is 2.25. The highest BCUT2D eigenvalue weighted by Gasteiger charge is 2.11. The van der Waals surface area contributed by atoms with Gasteiger partial charge in [0.2, 0.25) is 0 Å². The number of piperidine rings is 1. The van der Waals surface area contributed by atoms with E-state index in [1.54, 1.807) is 0 Å². The third-order valence-corrected chi connectivity index (χ3v) is 3.15. The van der Waals surface area contributed by atoms with Gasteiger partial charge in [0.25, 0.3) is 0 Å². The normalized spacial score (nSPS) is 18.6. The van der Waals surface area contributed by atoms with Crippen LogP contribution in [0.4, 0.5) is 0 Å². The van der Waals surface area contributed by atoms with Crippen molar-refractivity contribution in [2.45, 2.75) is 45.4 Å². The largest absolute Gasteiger partial charge is 0.317 e. The fourth-order valence-electron chi connectivity index (χ4n) is 2.10. The molecule has 2 N–H and O–H groups in total. The second kappa shape index (κ2) is 8.25. The van der Waals surface area contributed by atoms with Crippen LogP contribution < -0.4 is 10.6 Å². The molecule has 0 atom stereocenters. The first-order valence-electron chi connectivity index (χ1n) is 6.35. The third-order valence-electron chi connectivity index (χ3n) is 3.15. The topological polar surface area (TPSA) is 24.1 Å². The minimum Gasteiger partial charge on any atom is -0.317 e. The van der Waals surface area contributed by atoms with Gasteiger partial charge >= 0.3 is 0 Å². The maximum absolute atomic E-state index is 3.55. The van der Waals surface area contributed by atoms with Gasteiger partial charge in [0.05, 0.1) is 0 Å². The summed E-state index contributed by atoms with van der Waals surface area (Å²) in [6.07, 6.45) is 8.21. The Bertz CT molecular complexity index is 119. The fourth-order valence-corrected chi connectivity index (χ4v) is 2.10. The number of nitrogens with one attached hydrogen (secondary N) is 2. The van der Waals surface area contributed by atoms with Crippen LogP contribution in [0.2, 0.25) is 0 Å². The van der Waals surface area contributed by atoms with E-state index in [0.717, 1.165) is 5.92 Å². The van der Waals surface area contributed by atoms with Gasteiger partial charge in [-0.2, -0.15) is 0 Å². The molecule has 0 unspecified atom stereocenters. The smallest absolute Gasteiger partial charge is 0.00463 e. The Morgan fingerprint density at radius 3 is 2.64 bits per heavy atom. The van der Waals surface area contributed by atoms with E-state index in [2.05, 4.69) is 17.6 Å². The van der Waals surface area contributed by atoms with E-state index < -0.39 is 0 Å². The Morgan fingerprint density at radius 2 is 1.93 bits per heavy atom. The summed E-state index contributed by atoms with van der Waals surface area (Å²) in [7, 11) is 0. The van der Waals surface area contributed by atoms with Gasteiger partial charge in [-0.15, -0.1) is 0 Å². The summed E-state index contributed by atoms with van der Waals surface area (Å²) in [6, 6.07) is 0. The van der Waals surface area contributed by atoms with Crippen LogP contribution in [0.25, 0.3) is 0 Å². The molecule has 0 aromatic carbocycles. The summed E-state index contributed by atoms with van der Waals surface area (Å²) in [4.78, 5) is 0. The van der Waals surface area contributed by atoms with Gasteiger partial charge in [0.1, 0.15) is 0 Å². The summed E-state index contributed by atoms with van der Waals surface area (Å²) in [5, 5.41) is 6.96. The molecule has 1 heterocycles. The van der Waals surface area contributed by atoms with Crippen LogP contribution in [-0.2, 0) is 0 Å². The van der Waals surface area contributed by atoms with Crippen molar-refractivity contribution in [1.29, 1.82) is 0 Å². The molecule has 84 valence electrons. The minimum atomic E-state index is 0.981. The summed E-state index contributed by atoms with van der Waals surface area (Å²) in [5.41, 5.74) is 0. The van der Waals surface area contributed by atoms with E-state index in [-0.39, 0.29) is 0 Å². The second-order valence-corrected chi connectivity index (χ2v) is 4.44. The lowest BCUT2D eigenvalue weighted by Gasteiger charge is -2.22. The van der Waals surface area contributed by atoms with E-state index in [1.807, 2.05) is 0 Å². The van der Waals surface area contributed by atoms with Crippen LogP contribution in [0.3, 0.4) is 0 Å². The number of unbranched alkanes of at least 4 members (excludes halogenated alkanes) is 2. The molecule has 0 bridgehead atoms. The molecule has 2 heteroatoms. The van der Waals surface area contributed by atoms with E-state index >= 15 is 0 Å². The van der Waals surface area contributed by atoms with Crippen molar-refractivity contribution < 1.29 is 0 Å². The predicted molar refractivity (Wildman–Crippen MR) is 62.6 cm³/mol. The maximum atomic E-state index is 3.55. The monoisotopic (exact) mass is 198 g/mol. The zero-order valence-corrected chi connectivity index (χ0v) is 9.65. The van der Waals surface area contributed by atoms with Crippen LogP contribution in [0, 0.1) is 5.92 Å². The predicted octanol–water partition coefficient (Wildman–Crippen LogP) is 2.16. The first-order chi connectivity index (χ1) is 6.93. The SMILES string of the molecule is CCCCCNCCC1CCNCC1. The van der Waals surface area contributed by atoms with Gasteiger partial charge in [0, 0.05) is 0 Å². The van der Waals surface area contributed by atoms with E-state index in [4.69, 9.17) is 0 Å². The molecule has 0 aromatic heterocycles. The fraction of sp³-hybridized carbons (Fsp3) is 1.00. The van der Waals surface area contributed by atoms with Crippen molar-refractivity contribution >= 4 is 0 Å². The molecule has 0 aromatic rings. The van der Waals surface area contributed by atoms with E-state index in [1.165, 1.54) is 64.7 Å². The molecule has 1 saturated heterocycles. The first kappa shape index (κ1) is 12.0. The number of hydrogen-bond acceptors (Lipinski definition) is 2. The standard InChI is InChI=1S/C12H26N2/c1-2-3-4-8-13-9-5-12-6-10-14-11-7-12/h12-14H,2-11H2,1H3. The first-order valence-corrected chi connectivity index (χ1v) is 6.35. The molecule has 1 rings (SSSR count). The van der Waals surface area contributed by atoms with Gasteiger partial charge < -0.3 is 10.6 Å². The van der Waals surface area contributed by atoms with Gasteiger partial charge in [-0.25, -0.2) is 0 Å². The molecule has 1 fully saturated rings. The highest BCUT2D eigenvalue weighted by atomic mass is 14.9. The molecular weight excluding hydrogens is 172 g/mol. The molecule has 2 nitrogen and oxygen atoms in total. The summed E-state index contributed by atoms with van der Waals surface area (Å²) >= 11 is 0.